The fraction of sp³-hybridized carbons (Fsp3) is 0.476. The number of para-hydroxylation sites is 1. The van der Waals surface area contributed by atoms with E-state index >= 15 is 0 Å². The first-order valence-corrected chi connectivity index (χ1v) is 12.6. The van der Waals surface area contributed by atoms with Gasteiger partial charge in [0.1, 0.15) is 24.1 Å². The van der Waals surface area contributed by atoms with E-state index < -0.39 is 38.2 Å². The van der Waals surface area contributed by atoms with Crippen molar-refractivity contribution >= 4 is 25.9 Å². The predicted molar refractivity (Wildman–Crippen MR) is 125 cm³/mol. The molecule has 0 radical (unpaired) electrons. The summed E-state index contributed by atoms with van der Waals surface area (Å²) in [5.41, 5.74) is -0.352. The molecule has 0 aliphatic carbocycles. The average Bonchev–Trinajstić information content (AvgIpc) is 3.12. The first kappa shape index (κ1) is 26.3. The van der Waals surface area contributed by atoms with E-state index in [0.29, 0.717) is 0 Å². The smallest absolute Gasteiger partial charge is 0.459 e. The molecule has 5 atom stereocenters. The van der Waals surface area contributed by atoms with Gasteiger partial charge >= 0.3 is 13.7 Å². The molecule has 1 unspecified atom stereocenters. The molecule has 1 aromatic carbocycles. The molecule has 3 N–H and O–H groups in total. The fourth-order valence-corrected chi connectivity index (χ4v) is 4.98. The van der Waals surface area contributed by atoms with Crippen LogP contribution in [0.15, 0.2) is 47.4 Å². The quantitative estimate of drug-likeness (QED) is 0.247. The van der Waals surface area contributed by atoms with E-state index in [1.54, 1.807) is 44.2 Å². The highest BCUT2D eigenvalue weighted by molar-refractivity contribution is 7.71. The van der Waals surface area contributed by atoms with Crippen molar-refractivity contribution in [3.05, 3.63) is 57.7 Å². The number of nitrogens with zero attached hydrogens (tertiary/aromatic N) is 1. The molecule has 2 heterocycles. The number of rotatable bonds is 10. The number of esters is 1. The third-order valence-corrected chi connectivity index (χ3v) is 6.76. The van der Waals surface area contributed by atoms with Crippen LogP contribution in [0.1, 0.15) is 33.4 Å². The molecular formula is C21H28N3O8PS. The van der Waals surface area contributed by atoms with Crippen LogP contribution in [0.5, 0.6) is 5.75 Å². The minimum absolute atomic E-state index is 0.142. The van der Waals surface area contributed by atoms with Gasteiger partial charge in [0, 0.05) is 18.7 Å². The lowest BCUT2D eigenvalue weighted by molar-refractivity contribution is -0.149. The first-order chi connectivity index (χ1) is 16.1. The van der Waals surface area contributed by atoms with Gasteiger partial charge in [0.15, 0.2) is 4.77 Å². The van der Waals surface area contributed by atoms with E-state index in [0.717, 1.165) is 0 Å². The molecule has 34 heavy (non-hydrogen) atoms. The Kier molecular flexibility index (Phi) is 8.80. The van der Waals surface area contributed by atoms with Gasteiger partial charge in [0.2, 0.25) is 0 Å². The minimum Gasteiger partial charge on any atom is -0.462 e. The van der Waals surface area contributed by atoms with E-state index in [1.807, 2.05) is 0 Å². The number of carbonyl (C=O) groups excluding carboxylic acids is 1. The Balaban J connectivity index is 1.71. The van der Waals surface area contributed by atoms with E-state index in [-0.39, 0.29) is 35.2 Å². The Labute approximate surface area is 201 Å². The molecule has 11 nitrogen and oxygen atoms in total. The highest BCUT2D eigenvalue weighted by Gasteiger charge is 2.39. The zero-order chi connectivity index (χ0) is 24.9. The second-order valence-electron chi connectivity index (χ2n) is 7.98. The van der Waals surface area contributed by atoms with Crippen molar-refractivity contribution in [1.29, 1.82) is 0 Å². The molecule has 1 aliphatic heterocycles. The summed E-state index contributed by atoms with van der Waals surface area (Å²) in [7, 11) is -4.10. The van der Waals surface area contributed by atoms with Crippen molar-refractivity contribution in [3.8, 4) is 5.75 Å². The molecule has 13 heteroatoms. The van der Waals surface area contributed by atoms with Gasteiger partial charge in [-0.2, -0.15) is 5.09 Å². The largest absolute Gasteiger partial charge is 0.462 e. The molecule has 1 aromatic heterocycles. The summed E-state index contributed by atoms with van der Waals surface area (Å²) in [6.45, 7) is 4.57. The van der Waals surface area contributed by atoms with Crippen molar-refractivity contribution in [2.24, 2.45) is 0 Å². The van der Waals surface area contributed by atoms with Crippen molar-refractivity contribution in [2.45, 2.75) is 57.8 Å². The highest BCUT2D eigenvalue weighted by Crippen LogP contribution is 2.46. The zero-order valence-electron chi connectivity index (χ0n) is 19.0. The number of aliphatic hydroxyl groups is 1. The molecular weight excluding hydrogens is 485 g/mol. The lowest BCUT2D eigenvalue weighted by Gasteiger charge is -2.25. The normalized spacial score (nSPS) is 22.8. The van der Waals surface area contributed by atoms with Crippen LogP contribution in [0.3, 0.4) is 0 Å². The van der Waals surface area contributed by atoms with Crippen molar-refractivity contribution < 1.29 is 33.0 Å². The first-order valence-electron chi connectivity index (χ1n) is 10.7. The van der Waals surface area contributed by atoms with Gasteiger partial charge in [-0.3, -0.25) is 23.7 Å². The monoisotopic (exact) mass is 513 g/mol. The maximum Gasteiger partial charge on any atom is 0.459 e. The summed E-state index contributed by atoms with van der Waals surface area (Å²) in [6.07, 6.45) is -1.21. The minimum atomic E-state index is -4.10. The second kappa shape index (κ2) is 11.4. The van der Waals surface area contributed by atoms with Gasteiger partial charge in [-0.1, -0.05) is 18.2 Å². The molecule has 0 bridgehead atoms. The lowest BCUT2D eigenvalue weighted by Crippen LogP contribution is -2.37. The van der Waals surface area contributed by atoms with Crippen LogP contribution in [0.25, 0.3) is 0 Å². The summed E-state index contributed by atoms with van der Waals surface area (Å²) in [5.74, 6) is -0.367. The maximum atomic E-state index is 13.5. The number of hydrogen-bond acceptors (Lipinski definition) is 9. The predicted octanol–water partition coefficient (Wildman–Crippen LogP) is 2.69. The Morgan fingerprint density at radius 3 is 2.68 bits per heavy atom. The molecule has 0 amide bonds. The van der Waals surface area contributed by atoms with Gasteiger partial charge < -0.3 is 19.1 Å². The van der Waals surface area contributed by atoms with Crippen molar-refractivity contribution in [3.63, 3.8) is 0 Å². The van der Waals surface area contributed by atoms with Crippen LogP contribution < -0.4 is 15.2 Å². The molecule has 186 valence electrons. The summed E-state index contributed by atoms with van der Waals surface area (Å²) < 4.78 is 37.3. The topological polar surface area (TPSA) is 141 Å². The van der Waals surface area contributed by atoms with Crippen molar-refractivity contribution in [1.82, 2.24) is 14.6 Å². The van der Waals surface area contributed by atoms with Crippen LogP contribution >= 0.6 is 20.0 Å². The number of H-pyrrole nitrogens is 1. The number of carbonyl (C=O) groups is 1. The zero-order valence-corrected chi connectivity index (χ0v) is 20.7. The molecule has 0 spiro atoms. The maximum absolute atomic E-state index is 13.5. The number of ether oxygens (including phenoxy) is 2. The summed E-state index contributed by atoms with van der Waals surface area (Å²) >= 11 is 5.15. The molecule has 0 saturated carbocycles. The lowest BCUT2D eigenvalue weighted by atomic mass is 10.2. The number of aromatic amines is 1. The molecule has 2 aromatic rings. The SMILES string of the molecule is CC(C)OC(=O)[C@H](C)NP(=O)(OC[C@H]1O[C@@H](n2ccc(=O)[nH]c2=S)C[C@H]1O)Oc1ccccc1. The standard InChI is InChI=1S/C21H28N3O8PS/c1-13(2)30-20(27)14(3)23-33(28,32-15-7-5-4-6-8-15)29-12-17-16(25)11-19(31-17)24-10-9-18(26)22-21(24)34/h4-10,13-14,16-17,19,25H,11-12H2,1-3H3,(H,23,28)(H,22,26,34)/t14-,16+,17+,19+,33?/m0/s1. The number of nitrogens with one attached hydrogen (secondary N) is 2. The van der Waals surface area contributed by atoms with Crippen molar-refractivity contribution in [2.75, 3.05) is 6.61 Å². The Morgan fingerprint density at radius 2 is 2.03 bits per heavy atom. The third kappa shape index (κ3) is 7.08. The molecule has 1 aliphatic rings. The Morgan fingerprint density at radius 1 is 1.32 bits per heavy atom. The second-order valence-corrected chi connectivity index (χ2v) is 10.1. The van der Waals surface area contributed by atoms with E-state index in [9.17, 15) is 19.3 Å². The Hall–Kier alpha value is -2.34. The summed E-state index contributed by atoms with van der Waals surface area (Å²) in [4.78, 5) is 26.1. The Bertz CT molecular complexity index is 1140. The average molecular weight is 514 g/mol. The van der Waals surface area contributed by atoms with Crippen LogP contribution in [0, 0.1) is 4.77 Å². The van der Waals surface area contributed by atoms with Crippen LogP contribution in [0.2, 0.25) is 0 Å². The van der Waals surface area contributed by atoms with Gasteiger partial charge in [0.05, 0.1) is 18.8 Å². The van der Waals surface area contributed by atoms with E-state index in [2.05, 4.69) is 10.1 Å². The fourth-order valence-electron chi connectivity index (χ4n) is 3.20. The van der Waals surface area contributed by atoms with Gasteiger partial charge in [-0.15, -0.1) is 0 Å². The molecule has 1 saturated heterocycles. The van der Waals surface area contributed by atoms with Crippen LogP contribution in [-0.2, 0) is 23.4 Å². The van der Waals surface area contributed by atoms with E-state index in [1.165, 1.54) is 23.8 Å². The van der Waals surface area contributed by atoms with Gasteiger partial charge in [-0.05, 0) is 45.1 Å². The van der Waals surface area contributed by atoms with E-state index in [4.69, 9.17) is 30.7 Å². The van der Waals surface area contributed by atoms with Crippen LogP contribution in [-0.4, -0.2) is 51.6 Å². The molecule has 1 fully saturated rings. The number of hydrogen-bond donors (Lipinski definition) is 3. The number of aromatic nitrogens is 2. The third-order valence-electron chi connectivity index (χ3n) is 4.80. The van der Waals surface area contributed by atoms with Gasteiger partial charge in [0.25, 0.3) is 5.56 Å². The number of aliphatic hydroxyl groups excluding tert-OH is 1. The highest BCUT2D eigenvalue weighted by atomic mass is 32.1. The number of benzene rings is 1. The molecule has 3 rings (SSSR count). The summed E-state index contributed by atoms with van der Waals surface area (Å²) in [6, 6.07) is 8.61. The van der Waals surface area contributed by atoms with Crippen LogP contribution in [0.4, 0.5) is 0 Å². The van der Waals surface area contributed by atoms with Gasteiger partial charge in [-0.25, -0.2) is 4.57 Å². The summed E-state index contributed by atoms with van der Waals surface area (Å²) in [5, 5.41) is 13.1.